The van der Waals surface area contributed by atoms with Crippen LogP contribution in [-0.4, -0.2) is 68.1 Å². The summed E-state index contributed by atoms with van der Waals surface area (Å²) in [6.07, 6.45) is 4.89. The summed E-state index contributed by atoms with van der Waals surface area (Å²) in [7, 11) is 1.66. The molecule has 7 nitrogen and oxygen atoms in total. The number of methoxy groups -OCH3 is 1. The van der Waals surface area contributed by atoms with E-state index in [1.165, 1.54) is 0 Å². The Balaban J connectivity index is 0.00000312. The third-order valence-corrected chi connectivity index (χ3v) is 4.09. The standard InChI is InChI=1S/C17H26N4O3.2ClH/c1-24-12-10-19-8-9-20-16(22)15-3-2-11-21(13-15)17(23)14-4-6-18-7-5-14;;/h4-7,15,19H,2-3,8-13H2,1H3,(H,20,22);2*1H. The Hall–Kier alpha value is -1.41. The molecule has 2 rings (SSSR count). The maximum Gasteiger partial charge on any atom is 0.253 e. The van der Waals surface area contributed by atoms with E-state index in [1.807, 2.05) is 0 Å². The Bertz CT molecular complexity index is 534. The highest BCUT2D eigenvalue weighted by Gasteiger charge is 2.28. The molecule has 1 saturated heterocycles. The number of halogens is 2. The number of amides is 2. The number of carbonyl (C=O) groups excluding carboxylic acids is 2. The van der Waals surface area contributed by atoms with Crippen molar-refractivity contribution in [3.05, 3.63) is 30.1 Å². The second-order valence-electron chi connectivity index (χ2n) is 5.86. The quantitative estimate of drug-likeness (QED) is 0.632. The summed E-state index contributed by atoms with van der Waals surface area (Å²) in [4.78, 5) is 30.4. The molecule has 1 aliphatic heterocycles. The second kappa shape index (κ2) is 13.7. The number of piperidine rings is 1. The van der Waals surface area contributed by atoms with E-state index < -0.39 is 0 Å². The summed E-state index contributed by atoms with van der Waals surface area (Å²) in [5.41, 5.74) is 0.619. The van der Waals surface area contributed by atoms with Crippen molar-refractivity contribution >= 4 is 36.6 Å². The van der Waals surface area contributed by atoms with Crippen molar-refractivity contribution in [3.8, 4) is 0 Å². The zero-order chi connectivity index (χ0) is 17.2. The molecule has 1 atom stereocenters. The Kier molecular flexibility index (Phi) is 13.0. The van der Waals surface area contributed by atoms with Crippen molar-refractivity contribution < 1.29 is 14.3 Å². The summed E-state index contributed by atoms with van der Waals surface area (Å²) in [5, 5.41) is 6.12. The Morgan fingerprint density at radius 2 is 1.96 bits per heavy atom. The molecule has 0 saturated carbocycles. The van der Waals surface area contributed by atoms with E-state index in [9.17, 15) is 9.59 Å². The van der Waals surface area contributed by atoms with Crippen molar-refractivity contribution in [2.75, 3.05) is 46.4 Å². The average Bonchev–Trinajstić information content (AvgIpc) is 2.64. The maximum absolute atomic E-state index is 12.5. The lowest BCUT2D eigenvalue weighted by molar-refractivity contribution is -0.126. The fraction of sp³-hybridized carbons (Fsp3) is 0.588. The molecule has 0 aliphatic carbocycles. The molecule has 1 unspecified atom stereocenters. The fourth-order valence-corrected chi connectivity index (χ4v) is 2.77. The Labute approximate surface area is 167 Å². The third kappa shape index (κ3) is 7.86. The number of nitrogens with one attached hydrogen (secondary N) is 2. The van der Waals surface area contributed by atoms with E-state index in [1.54, 1.807) is 36.5 Å². The van der Waals surface area contributed by atoms with E-state index in [0.29, 0.717) is 38.3 Å². The number of hydrogen-bond acceptors (Lipinski definition) is 5. The number of nitrogens with zero attached hydrogens (tertiary/aromatic N) is 2. The second-order valence-corrected chi connectivity index (χ2v) is 5.86. The van der Waals surface area contributed by atoms with Crippen LogP contribution in [0, 0.1) is 5.92 Å². The lowest BCUT2D eigenvalue weighted by atomic mass is 9.96. The minimum atomic E-state index is -0.136. The summed E-state index contributed by atoms with van der Waals surface area (Å²) < 4.78 is 4.94. The van der Waals surface area contributed by atoms with Gasteiger partial charge in [0.2, 0.25) is 5.91 Å². The first kappa shape index (κ1) is 24.6. The van der Waals surface area contributed by atoms with Gasteiger partial charge in [-0.1, -0.05) is 0 Å². The van der Waals surface area contributed by atoms with Gasteiger partial charge in [-0.2, -0.15) is 0 Å². The van der Waals surface area contributed by atoms with Crippen LogP contribution in [0.1, 0.15) is 23.2 Å². The largest absolute Gasteiger partial charge is 0.383 e. The van der Waals surface area contributed by atoms with Crippen LogP contribution in [0.2, 0.25) is 0 Å². The van der Waals surface area contributed by atoms with Crippen molar-refractivity contribution in [1.29, 1.82) is 0 Å². The molecule has 1 aliphatic rings. The normalized spacial score (nSPS) is 16.2. The average molecular weight is 407 g/mol. The first-order chi connectivity index (χ1) is 11.7. The van der Waals surface area contributed by atoms with E-state index in [0.717, 1.165) is 19.4 Å². The highest BCUT2D eigenvalue weighted by atomic mass is 35.5. The number of aromatic nitrogens is 1. The topological polar surface area (TPSA) is 83.6 Å². The van der Waals surface area contributed by atoms with Crippen LogP contribution in [0.3, 0.4) is 0 Å². The molecule has 1 aromatic rings. The van der Waals surface area contributed by atoms with Crippen LogP contribution in [0.5, 0.6) is 0 Å². The van der Waals surface area contributed by atoms with Crippen LogP contribution in [0.4, 0.5) is 0 Å². The van der Waals surface area contributed by atoms with Gasteiger partial charge in [0.1, 0.15) is 0 Å². The zero-order valence-corrected chi connectivity index (χ0v) is 16.6. The smallest absolute Gasteiger partial charge is 0.253 e. The Morgan fingerprint density at radius 1 is 1.23 bits per heavy atom. The molecule has 2 N–H and O–H groups in total. The maximum atomic E-state index is 12.5. The van der Waals surface area contributed by atoms with E-state index in [-0.39, 0.29) is 42.5 Å². The molecule has 1 fully saturated rings. The summed E-state index contributed by atoms with van der Waals surface area (Å²) in [6.45, 7) is 3.89. The van der Waals surface area contributed by atoms with Crippen LogP contribution in [-0.2, 0) is 9.53 Å². The van der Waals surface area contributed by atoms with Crippen LogP contribution >= 0.6 is 24.8 Å². The molecule has 9 heteroatoms. The highest BCUT2D eigenvalue weighted by Crippen LogP contribution is 2.18. The molecule has 148 valence electrons. The van der Waals surface area contributed by atoms with Gasteiger partial charge in [-0.05, 0) is 25.0 Å². The number of likely N-dealkylation sites (tertiary alicyclic amines) is 1. The molecule has 0 spiro atoms. The molecular formula is C17H28Cl2N4O3. The number of pyridine rings is 1. The minimum Gasteiger partial charge on any atom is -0.383 e. The van der Waals surface area contributed by atoms with Crippen LogP contribution in [0.25, 0.3) is 0 Å². The molecule has 1 aromatic heterocycles. The van der Waals surface area contributed by atoms with Gasteiger partial charge in [-0.25, -0.2) is 0 Å². The highest BCUT2D eigenvalue weighted by molar-refractivity contribution is 5.94. The van der Waals surface area contributed by atoms with Crippen molar-refractivity contribution in [3.63, 3.8) is 0 Å². The molecular weight excluding hydrogens is 379 g/mol. The molecule has 0 radical (unpaired) electrons. The Morgan fingerprint density at radius 3 is 2.65 bits per heavy atom. The van der Waals surface area contributed by atoms with E-state index >= 15 is 0 Å². The van der Waals surface area contributed by atoms with Gasteiger partial charge in [0, 0.05) is 57.8 Å². The summed E-state index contributed by atoms with van der Waals surface area (Å²) in [5.74, 6) is -0.143. The van der Waals surface area contributed by atoms with Gasteiger partial charge < -0.3 is 20.3 Å². The van der Waals surface area contributed by atoms with Gasteiger partial charge in [0.05, 0.1) is 12.5 Å². The van der Waals surface area contributed by atoms with Crippen LogP contribution < -0.4 is 10.6 Å². The molecule has 2 amide bonds. The van der Waals surface area contributed by atoms with Crippen LogP contribution in [0.15, 0.2) is 24.5 Å². The minimum absolute atomic E-state index is 0. The summed E-state index contributed by atoms with van der Waals surface area (Å²) >= 11 is 0. The lowest BCUT2D eigenvalue weighted by Crippen LogP contribution is -2.46. The van der Waals surface area contributed by atoms with Gasteiger partial charge >= 0.3 is 0 Å². The monoisotopic (exact) mass is 406 g/mol. The molecule has 0 aromatic carbocycles. The first-order valence-electron chi connectivity index (χ1n) is 8.39. The number of carbonyl (C=O) groups is 2. The summed E-state index contributed by atoms with van der Waals surface area (Å²) in [6, 6.07) is 3.41. The van der Waals surface area contributed by atoms with Crippen molar-refractivity contribution in [2.45, 2.75) is 12.8 Å². The van der Waals surface area contributed by atoms with E-state index in [2.05, 4.69) is 15.6 Å². The zero-order valence-electron chi connectivity index (χ0n) is 15.0. The number of rotatable bonds is 8. The first-order valence-corrected chi connectivity index (χ1v) is 8.39. The SMILES string of the molecule is COCCNCCNC(=O)C1CCCN(C(=O)c2ccncc2)C1.Cl.Cl. The van der Waals surface area contributed by atoms with Gasteiger partial charge in [-0.3, -0.25) is 14.6 Å². The number of ether oxygens (including phenoxy) is 1. The van der Waals surface area contributed by atoms with Crippen molar-refractivity contribution in [2.24, 2.45) is 5.92 Å². The van der Waals surface area contributed by atoms with Crippen molar-refractivity contribution in [1.82, 2.24) is 20.5 Å². The molecule has 0 bridgehead atoms. The van der Waals surface area contributed by atoms with Gasteiger partial charge in [-0.15, -0.1) is 24.8 Å². The fourth-order valence-electron chi connectivity index (χ4n) is 2.77. The molecule has 26 heavy (non-hydrogen) atoms. The predicted molar refractivity (Wildman–Crippen MR) is 105 cm³/mol. The number of hydrogen-bond donors (Lipinski definition) is 2. The van der Waals surface area contributed by atoms with Gasteiger partial charge in [0.25, 0.3) is 5.91 Å². The lowest BCUT2D eigenvalue weighted by Gasteiger charge is -2.32. The molecule has 2 heterocycles. The van der Waals surface area contributed by atoms with Gasteiger partial charge in [0.15, 0.2) is 0 Å². The third-order valence-electron chi connectivity index (χ3n) is 4.09. The predicted octanol–water partition coefficient (Wildman–Crippen LogP) is 1.13. The van der Waals surface area contributed by atoms with E-state index in [4.69, 9.17) is 4.74 Å².